The van der Waals surface area contributed by atoms with Gasteiger partial charge >= 0.3 is 5.97 Å². The highest BCUT2D eigenvalue weighted by atomic mass is 79.9. The number of fused-ring (bicyclic) bond motifs is 1. The Kier molecular flexibility index (Phi) is 7.14. The second kappa shape index (κ2) is 8.37. The van der Waals surface area contributed by atoms with Gasteiger partial charge in [-0.25, -0.2) is 4.79 Å². The number of halogens is 1. The zero-order chi connectivity index (χ0) is 16.8. The lowest BCUT2D eigenvalue weighted by atomic mass is 9.81. The van der Waals surface area contributed by atoms with Crippen molar-refractivity contribution in [2.24, 2.45) is 0 Å². The summed E-state index contributed by atoms with van der Waals surface area (Å²) in [5.74, 6) is 1.54. The number of carbonyl (C=O) groups is 1. The van der Waals surface area contributed by atoms with Crippen LogP contribution in [0.5, 0.6) is 0 Å². The molecular formula is C18H26BrNO2. The Morgan fingerprint density at radius 3 is 2.64 bits per heavy atom. The summed E-state index contributed by atoms with van der Waals surface area (Å²) < 4.78 is 4.90. The smallest absolute Gasteiger partial charge is 0.330 e. The van der Waals surface area contributed by atoms with E-state index in [1.807, 2.05) is 18.8 Å². The van der Waals surface area contributed by atoms with E-state index in [-0.39, 0.29) is 11.4 Å². The van der Waals surface area contributed by atoms with E-state index < -0.39 is 0 Å². The van der Waals surface area contributed by atoms with Crippen LogP contribution in [0.1, 0.15) is 33.3 Å². The van der Waals surface area contributed by atoms with Gasteiger partial charge in [0.15, 0.2) is 0 Å². The summed E-state index contributed by atoms with van der Waals surface area (Å²) in [6.07, 6.45) is 3.40. The number of hydrogen-bond donors (Lipinski definition) is 0. The van der Waals surface area contributed by atoms with Crippen LogP contribution in [0.25, 0.3) is 0 Å². The number of esters is 1. The van der Waals surface area contributed by atoms with E-state index in [1.165, 1.54) is 17.3 Å². The van der Waals surface area contributed by atoms with Gasteiger partial charge in [0.05, 0.1) is 6.61 Å². The molecule has 1 aromatic carbocycles. The first-order chi connectivity index (χ1) is 10.5. The Bertz CT molecular complexity index is 526. The second-order valence-electron chi connectivity index (χ2n) is 5.72. The van der Waals surface area contributed by atoms with E-state index in [9.17, 15) is 4.79 Å². The predicted octanol–water partition coefficient (Wildman–Crippen LogP) is 4.30. The van der Waals surface area contributed by atoms with Crippen molar-refractivity contribution in [2.45, 2.75) is 39.2 Å². The van der Waals surface area contributed by atoms with Crippen molar-refractivity contribution in [3.63, 3.8) is 0 Å². The van der Waals surface area contributed by atoms with Crippen LogP contribution in [-0.4, -0.2) is 31.0 Å². The van der Waals surface area contributed by atoms with Gasteiger partial charge in [-0.1, -0.05) is 54.1 Å². The minimum atomic E-state index is -0.271. The zero-order valence-electron chi connectivity index (χ0n) is 14.1. The molecule has 122 valence electrons. The maximum absolute atomic E-state index is 11.3. The Balaban J connectivity index is 0.00000116. The molecule has 1 heterocycles. The number of anilines is 1. The summed E-state index contributed by atoms with van der Waals surface area (Å²) in [5.41, 5.74) is 2.75. The molecular weight excluding hydrogens is 342 g/mol. The molecule has 0 saturated carbocycles. The predicted molar refractivity (Wildman–Crippen MR) is 96.9 cm³/mol. The first-order valence-electron chi connectivity index (χ1n) is 7.55. The number of benzene rings is 1. The Morgan fingerprint density at radius 2 is 2.00 bits per heavy atom. The average Bonchev–Trinajstić information content (AvgIpc) is 2.71. The molecule has 4 heteroatoms. The molecule has 22 heavy (non-hydrogen) atoms. The summed E-state index contributed by atoms with van der Waals surface area (Å²) in [6.45, 7) is 9.72. The quantitative estimate of drug-likeness (QED) is 0.451. The van der Waals surface area contributed by atoms with Gasteiger partial charge in [0.2, 0.25) is 0 Å². The molecule has 0 spiro atoms. The first kappa shape index (κ1) is 18.8. The third kappa shape index (κ3) is 3.92. The van der Waals surface area contributed by atoms with E-state index in [2.05, 4.69) is 65.9 Å². The Hall–Kier alpha value is -1.29. The average molecular weight is 368 g/mol. The molecule has 3 nitrogen and oxygen atoms in total. The highest BCUT2D eigenvalue weighted by molar-refractivity contribution is 9.08. The van der Waals surface area contributed by atoms with E-state index in [0.717, 1.165) is 6.54 Å². The van der Waals surface area contributed by atoms with Crippen LogP contribution in [-0.2, 0) is 14.9 Å². The molecule has 0 aliphatic carbocycles. The molecule has 0 fully saturated rings. The molecule has 0 N–H and O–H groups in total. The van der Waals surface area contributed by atoms with E-state index in [1.54, 1.807) is 0 Å². The highest BCUT2D eigenvalue weighted by Gasteiger charge is 2.40. The fourth-order valence-corrected chi connectivity index (χ4v) is 2.80. The van der Waals surface area contributed by atoms with Crippen molar-refractivity contribution in [2.75, 3.05) is 23.9 Å². The lowest BCUT2D eigenvalue weighted by Crippen LogP contribution is -2.39. The van der Waals surface area contributed by atoms with Gasteiger partial charge in [-0.05, 0) is 31.3 Å². The van der Waals surface area contributed by atoms with Gasteiger partial charge in [-0.15, -0.1) is 0 Å². The van der Waals surface area contributed by atoms with Gasteiger partial charge in [0, 0.05) is 29.8 Å². The third-order valence-corrected chi connectivity index (χ3v) is 4.26. The molecule has 1 atom stereocenters. The van der Waals surface area contributed by atoms with Crippen LogP contribution in [0.3, 0.4) is 0 Å². The van der Waals surface area contributed by atoms with Crippen LogP contribution >= 0.6 is 15.9 Å². The van der Waals surface area contributed by atoms with Gasteiger partial charge < -0.3 is 9.64 Å². The fraction of sp³-hybridized carbons (Fsp3) is 0.500. The summed E-state index contributed by atoms with van der Waals surface area (Å²) in [4.78, 5) is 13.7. The summed E-state index contributed by atoms with van der Waals surface area (Å²) in [7, 11) is 0. The molecule has 0 amide bonds. The normalized spacial score (nSPS) is 18.6. The molecule has 1 unspecified atom stereocenters. The van der Waals surface area contributed by atoms with Crippen molar-refractivity contribution < 1.29 is 9.53 Å². The lowest BCUT2D eigenvalue weighted by molar-refractivity contribution is -0.137. The topological polar surface area (TPSA) is 29.5 Å². The van der Waals surface area contributed by atoms with Crippen LogP contribution in [0.4, 0.5) is 5.69 Å². The molecule has 0 radical (unpaired) electrons. The van der Waals surface area contributed by atoms with Crippen LogP contribution in [0.15, 0.2) is 36.4 Å². The minimum absolute atomic E-state index is 0.119. The fourth-order valence-electron chi connectivity index (χ4n) is 2.80. The minimum Gasteiger partial charge on any atom is -0.463 e. The maximum Gasteiger partial charge on any atom is 0.330 e. The largest absolute Gasteiger partial charge is 0.463 e. The number of carbonyl (C=O) groups excluding carboxylic acids is 1. The van der Waals surface area contributed by atoms with Gasteiger partial charge in [0.25, 0.3) is 0 Å². The van der Waals surface area contributed by atoms with Crippen LogP contribution in [0, 0.1) is 0 Å². The molecule has 1 aliphatic rings. The van der Waals surface area contributed by atoms with E-state index in [0.29, 0.717) is 12.6 Å². The van der Waals surface area contributed by atoms with Crippen molar-refractivity contribution in [1.29, 1.82) is 0 Å². The van der Waals surface area contributed by atoms with Crippen molar-refractivity contribution in [3.05, 3.63) is 42.0 Å². The number of ether oxygens (including phenoxy) is 1. The monoisotopic (exact) mass is 367 g/mol. The summed E-state index contributed by atoms with van der Waals surface area (Å²) >= 11 is 2.94. The number of rotatable bonds is 4. The van der Waals surface area contributed by atoms with Gasteiger partial charge in [0.1, 0.15) is 0 Å². The van der Waals surface area contributed by atoms with Crippen molar-refractivity contribution in [3.8, 4) is 0 Å². The molecule has 0 bridgehead atoms. The number of alkyl halides is 1. The summed E-state index contributed by atoms with van der Waals surface area (Å²) in [5, 5.41) is 0. The lowest BCUT2D eigenvalue weighted by Gasteiger charge is -2.30. The molecule has 0 saturated heterocycles. The molecule has 1 aliphatic heterocycles. The zero-order valence-corrected chi connectivity index (χ0v) is 15.7. The van der Waals surface area contributed by atoms with Gasteiger partial charge in [-0.3, -0.25) is 0 Å². The standard InChI is InChI=1S/C17H23NO2.CH3Br/c1-5-20-16(19)11-8-12-18-13(2)17(3,4)14-9-6-7-10-15(14)18;1-2/h6-11,13H,5,12H2,1-4H3;1H3/b11-8+;. The number of para-hydroxylation sites is 1. The van der Waals surface area contributed by atoms with Crippen LogP contribution in [0.2, 0.25) is 0 Å². The van der Waals surface area contributed by atoms with Crippen LogP contribution < -0.4 is 4.90 Å². The first-order valence-corrected chi connectivity index (χ1v) is 9.14. The number of hydrogen-bond acceptors (Lipinski definition) is 3. The molecule has 0 aromatic heterocycles. The van der Waals surface area contributed by atoms with Crippen molar-refractivity contribution in [1.82, 2.24) is 0 Å². The SMILES string of the molecule is CBr.CCOC(=O)/C=C/CN1c2ccccc2C(C)(C)C1C. The molecule has 2 rings (SSSR count). The van der Waals surface area contributed by atoms with Crippen molar-refractivity contribution >= 4 is 27.6 Å². The maximum atomic E-state index is 11.3. The van der Waals surface area contributed by atoms with E-state index >= 15 is 0 Å². The van der Waals surface area contributed by atoms with E-state index in [4.69, 9.17) is 4.74 Å². The summed E-state index contributed by atoms with van der Waals surface area (Å²) in [6, 6.07) is 8.90. The number of nitrogens with zero attached hydrogens (tertiary/aromatic N) is 1. The molecule has 1 aromatic rings. The Labute approximate surface area is 142 Å². The highest BCUT2D eigenvalue weighted by Crippen LogP contribution is 2.44. The second-order valence-corrected chi connectivity index (χ2v) is 5.72. The Morgan fingerprint density at radius 1 is 1.36 bits per heavy atom. The van der Waals surface area contributed by atoms with Gasteiger partial charge in [-0.2, -0.15) is 0 Å². The third-order valence-electron chi connectivity index (χ3n) is 4.26.